The average molecular weight is 292 g/mol. The lowest BCUT2D eigenvalue weighted by Gasteiger charge is -2.06. The number of nitrogens with zero attached hydrogens (tertiary/aromatic N) is 4. The summed E-state index contributed by atoms with van der Waals surface area (Å²) in [7, 11) is 1.97. The van der Waals surface area contributed by atoms with Gasteiger partial charge in [0.15, 0.2) is 0 Å². The molecule has 0 amide bonds. The zero-order valence-corrected chi connectivity index (χ0v) is 15.0. The Labute approximate surface area is 130 Å². The summed E-state index contributed by atoms with van der Waals surface area (Å²) in [6.45, 7) is 15.8. The number of aromatic nitrogens is 4. The van der Waals surface area contributed by atoms with Crippen LogP contribution in [-0.4, -0.2) is 19.6 Å². The maximum absolute atomic E-state index is 4.17. The first-order chi connectivity index (χ1) is 9.97. The first-order valence-electron chi connectivity index (χ1n) is 7.96. The molecule has 4 heteroatoms. The van der Waals surface area contributed by atoms with Gasteiger partial charge < -0.3 is 0 Å². The second-order valence-electron chi connectivity index (χ2n) is 5.26. The fourth-order valence-electron chi connectivity index (χ4n) is 2.05. The lowest BCUT2D eigenvalue weighted by Crippen LogP contribution is -2.03. The molecule has 120 valence electrons. The van der Waals surface area contributed by atoms with Crippen molar-refractivity contribution in [2.75, 3.05) is 0 Å². The van der Waals surface area contributed by atoms with Crippen molar-refractivity contribution in [2.45, 2.75) is 66.8 Å². The van der Waals surface area contributed by atoms with Crippen LogP contribution in [0, 0.1) is 0 Å². The van der Waals surface area contributed by atoms with Gasteiger partial charge in [0, 0.05) is 37.4 Å². The number of hydrogen-bond donors (Lipinski definition) is 0. The van der Waals surface area contributed by atoms with Crippen LogP contribution in [0.4, 0.5) is 0 Å². The van der Waals surface area contributed by atoms with Gasteiger partial charge in [-0.25, -0.2) is 0 Å². The van der Waals surface area contributed by atoms with E-state index < -0.39 is 0 Å². The van der Waals surface area contributed by atoms with Crippen molar-refractivity contribution in [3.05, 3.63) is 35.9 Å². The molecule has 0 saturated carbocycles. The van der Waals surface area contributed by atoms with Gasteiger partial charge in [0.25, 0.3) is 0 Å². The Morgan fingerprint density at radius 1 is 0.905 bits per heavy atom. The maximum atomic E-state index is 4.17. The zero-order valence-electron chi connectivity index (χ0n) is 15.0. The fourth-order valence-corrected chi connectivity index (χ4v) is 2.05. The van der Waals surface area contributed by atoms with Gasteiger partial charge >= 0.3 is 0 Å². The van der Waals surface area contributed by atoms with Gasteiger partial charge in [0.1, 0.15) is 0 Å². The Kier molecular flexibility index (Phi) is 9.42. The molecule has 0 bridgehead atoms. The third-order valence-electron chi connectivity index (χ3n) is 3.09. The molecule has 4 nitrogen and oxygen atoms in total. The van der Waals surface area contributed by atoms with Gasteiger partial charge in [0.05, 0.1) is 0 Å². The summed E-state index contributed by atoms with van der Waals surface area (Å²) in [5, 5.41) is 8.23. The third-order valence-corrected chi connectivity index (χ3v) is 3.09. The largest absolute Gasteiger partial charge is 0.272 e. The van der Waals surface area contributed by atoms with Gasteiger partial charge in [-0.2, -0.15) is 10.2 Å². The molecule has 0 atom stereocenters. The Morgan fingerprint density at radius 2 is 1.38 bits per heavy atom. The van der Waals surface area contributed by atoms with Crippen molar-refractivity contribution in [1.29, 1.82) is 0 Å². The Bertz CT molecular complexity index is 480. The number of aryl methyl sites for hydroxylation is 2. The topological polar surface area (TPSA) is 35.6 Å². The summed E-state index contributed by atoms with van der Waals surface area (Å²) < 4.78 is 3.94. The predicted octanol–water partition coefficient (Wildman–Crippen LogP) is 4.60. The van der Waals surface area contributed by atoms with E-state index in [1.54, 1.807) is 0 Å². The van der Waals surface area contributed by atoms with Crippen LogP contribution in [0.2, 0.25) is 0 Å². The molecule has 2 rings (SSSR count). The quantitative estimate of drug-likeness (QED) is 0.829. The van der Waals surface area contributed by atoms with E-state index in [1.165, 1.54) is 11.4 Å². The summed E-state index contributed by atoms with van der Waals surface area (Å²) in [4.78, 5) is 0. The van der Waals surface area contributed by atoms with Crippen LogP contribution < -0.4 is 0 Å². The number of hydrogen-bond acceptors (Lipinski definition) is 2. The minimum Gasteiger partial charge on any atom is -0.272 e. The van der Waals surface area contributed by atoms with Gasteiger partial charge in [-0.15, -0.1) is 0 Å². The maximum Gasteiger partial charge on any atom is 0.0492 e. The molecule has 0 radical (unpaired) electrons. The van der Waals surface area contributed by atoms with E-state index in [1.807, 2.05) is 48.7 Å². The lowest BCUT2D eigenvalue weighted by molar-refractivity contribution is 0.598. The predicted molar refractivity (Wildman–Crippen MR) is 90.6 cm³/mol. The second kappa shape index (κ2) is 10.2. The van der Waals surface area contributed by atoms with Crippen LogP contribution in [-0.2, 0) is 13.6 Å². The normalized spacial score (nSPS) is 10.0. The van der Waals surface area contributed by atoms with Crippen molar-refractivity contribution < 1.29 is 0 Å². The number of rotatable bonds is 3. The highest BCUT2D eigenvalue weighted by Gasteiger charge is 2.03. The molecule has 0 aliphatic heterocycles. The van der Waals surface area contributed by atoms with Crippen molar-refractivity contribution in [1.82, 2.24) is 19.6 Å². The van der Waals surface area contributed by atoms with Crippen LogP contribution >= 0.6 is 0 Å². The van der Waals surface area contributed by atoms with Gasteiger partial charge in [-0.3, -0.25) is 9.36 Å². The third kappa shape index (κ3) is 6.15. The summed E-state index contributed by atoms with van der Waals surface area (Å²) in [5.41, 5.74) is 2.61. The monoisotopic (exact) mass is 292 g/mol. The highest BCUT2D eigenvalue weighted by Crippen LogP contribution is 2.12. The molecule has 0 aromatic carbocycles. The summed E-state index contributed by atoms with van der Waals surface area (Å²) >= 11 is 0. The van der Waals surface area contributed by atoms with E-state index in [-0.39, 0.29) is 0 Å². The SMILES string of the molecule is CC.CC(C)c1ccnn1C.CCn1nccc1C(C)C. The molecule has 0 N–H and O–H groups in total. The molecule has 21 heavy (non-hydrogen) atoms. The van der Waals surface area contributed by atoms with Crippen LogP contribution in [0.5, 0.6) is 0 Å². The van der Waals surface area contributed by atoms with Crippen molar-refractivity contribution in [3.8, 4) is 0 Å². The van der Waals surface area contributed by atoms with Crippen molar-refractivity contribution >= 4 is 0 Å². The van der Waals surface area contributed by atoms with E-state index in [2.05, 4.69) is 50.9 Å². The van der Waals surface area contributed by atoms with Crippen LogP contribution in [0.3, 0.4) is 0 Å². The standard InChI is InChI=1S/C8H14N2.C7H12N2.C2H6/c1-4-10-8(7(2)3)5-6-9-10;1-6(2)7-4-5-8-9(7)3;1-2/h5-7H,4H2,1-3H3;4-6H,1-3H3;1-2H3. The molecular weight excluding hydrogens is 260 g/mol. The molecule has 0 aliphatic rings. The minimum atomic E-state index is 0.581. The smallest absolute Gasteiger partial charge is 0.0492 e. The Balaban J connectivity index is 0.000000342. The first kappa shape index (κ1) is 19.4. The average Bonchev–Trinajstić information content (AvgIpc) is 3.09. The Hall–Kier alpha value is -1.58. The fraction of sp³-hybridized carbons (Fsp3) is 0.647. The molecule has 2 aromatic heterocycles. The molecule has 0 aliphatic carbocycles. The van der Waals surface area contributed by atoms with E-state index in [0.29, 0.717) is 11.8 Å². The summed E-state index contributed by atoms with van der Waals surface area (Å²) in [5.74, 6) is 1.17. The van der Waals surface area contributed by atoms with E-state index >= 15 is 0 Å². The summed E-state index contributed by atoms with van der Waals surface area (Å²) in [6.07, 6.45) is 3.69. The highest BCUT2D eigenvalue weighted by molar-refractivity contribution is 5.05. The van der Waals surface area contributed by atoms with Gasteiger partial charge in [-0.1, -0.05) is 41.5 Å². The van der Waals surface area contributed by atoms with Crippen LogP contribution in [0.1, 0.15) is 71.7 Å². The second-order valence-corrected chi connectivity index (χ2v) is 5.26. The zero-order chi connectivity index (χ0) is 16.4. The van der Waals surface area contributed by atoms with Crippen LogP contribution in [0.25, 0.3) is 0 Å². The van der Waals surface area contributed by atoms with Gasteiger partial charge in [-0.05, 0) is 30.9 Å². The van der Waals surface area contributed by atoms with E-state index in [0.717, 1.165) is 6.54 Å². The van der Waals surface area contributed by atoms with Crippen molar-refractivity contribution in [2.24, 2.45) is 7.05 Å². The Morgan fingerprint density at radius 3 is 1.67 bits per heavy atom. The van der Waals surface area contributed by atoms with Crippen molar-refractivity contribution in [3.63, 3.8) is 0 Å². The van der Waals surface area contributed by atoms with Crippen LogP contribution in [0.15, 0.2) is 24.5 Å². The highest BCUT2D eigenvalue weighted by atomic mass is 15.3. The molecule has 2 heterocycles. The van der Waals surface area contributed by atoms with E-state index in [9.17, 15) is 0 Å². The molecule has 0 spiro atoms. The molecular formula is C17H32N4. The van der Waals surface area contributed by atoms with Gasteiger partial charge in [0.2, 0.25) is 0 Å². The molecule has 0 fully saturated rings. The lowest BCUT2D eigenvalue weighted by atomic mass is 10.1. The summed E-state index contributed by atoms with van der Waals surface area (Å²) in [6, 6.07) is 4.12. The van der Waals surface area contributed by atoms with E-state index in [4.69, 9.17) is 0 Å². The first-order valence-corrected chi connectivity index (χ1v) is 7.96. The molecule has 0 unspecified atom stereocenters. The minimum absolute atomic E-state index is 0.581. The molecule has 2 aromatic rings. The molecule has 0 saturated heterocycles.